The van der Waals surface area contributed by atoms with Crippen molar-refractivity contribution in [3.05, 3.63) is 42.5 Å². The van der Waals surface area contributed by atoms with E-state index in [2.05, 4.69) is 40.9 Å². The number of aromatic nitrogens is 1. The molecule has 1 aromatic heterocycles. The Morgan fingerprint density at radius 3 is 2.67 bits per heavy atom. The molecule has 4 heteroatoms. The van der Waals surface area contributed by atoms with Crippen molar-refractivity contribution in [3.63, 3.8) is 0 Å². The molecule has 2 rings (SSSR count). The van der Waals surface area contributed by atoms with Crippen molar-refractivity contribution in [2.24, 2.45) is 0 Å². The summed E-state index contributed by atoms with van der Waals surface area (Å²) in [5, 5.41) is 6.51. The third-order valence-electron chi connectivity index (χ3n) is 2.45. The SMILES string of the molecule is CCNc1cccc(Nc2cccc(SC)c2)n1. The fraction of sp³-hybridized carbons (Fsp3) is 0.214. The van der Waals surface area contributed by atoms with E-state index in [1.54, 1.807) is 11.8 Å². The highest BCUT2D eigenvalue weighted by molar-refractivity contribution is 7.98. The highest BCUT2D eigenvalue weighted by atomic mass is 32.2. The molecule has 94 valence electrons. The van der Waals surface area contributed by atoms with Gasteiger partial charge < -0.3 is 10.6 Å². The van der Waals surface area contributed by atoms with E-state index in [0.29, 0.717) is 0 Å². The maximum atomic E-state index is 4.48. The molecule has 2 aromatic rings. The molecule has 0 atom stereocenters. The second-order valence-corrected chi connectivity index (χ2v) is 4.68. The van der Waals surface area contributed by atoms with E-state index < -0.39 is 0 Å². The number of thioether (sulfide) groups is 1. The van der Waals surface area contributed by atoms with E-state index >= 15 is 0 Å². The zero-order valence-corrected chi connectivity index (χ0v) is 11.4. The first-order chi connectivity index (χ1) is 8.81. The Hall–Kier alpha value is -1.68. The average molecular weight is 259 g/mol. The molecule has 0 aliphatic heterocycles. The van der Waals surface area contributed by atoms with Crippen LogP contribution in [-0.2, 0) is 0 Å². The summed E-state index contributed by atoms with van der Waals surface area (Å²) in [6.45, 7) is 2.93. The van der Waals surface area contributed by atoms with Crippen LogP contribution in [0.3, 0.4) is 0 Å². The van der Waals surface area contributed by atoms with E-state index in [0.717, 1.165) is 23.9 Å². The molecule has 1 heterocycles. The second-order valence-electron chi connectivity index (χ2n) is 3.80. The van der Waals surface area contributed by atoms with Gasteiger partial charge in [0, 0.05) is 17.1 Å². The Bertz CT molecular complexity index is 514. The van der Waals surface area contributed by atoms with E-state index in [1.807, 2.05) is 30.3 Å². The Balaban J connectivity index is 2.14. The largest absolute Gasteiger partial charge is 0.370 e. The van der Waals surface area contributed by atoms with Crippen LogP contribution in [0.25, 0.3) is 0 Å². The summed E-state index contributed by atoms with van der Waals surface area (Å²) in [5.74, 6) is 1.75. The lowest BCUT2D eigenvalue weighted by Gasteiger charge is -2.08. The molecule has 1 aromatic carbocycles. The van der Waals surface area contributed by atoms with Crippen molar-refractivity contribution in [1.29, 1.82) is 0 Å². The van der Waals surface area contributed by atoms with Gasteiger partial charge in [-0.1, -0.05) is 12.1 Å². The van der Waals surface area contributed by atoms with Crippen LogP contribution in [0.2, 0.25) is 0 Å². The van der Waals surface area contributed by atoms with Crippen LogP contribution in [0.5, 0.6) is 0 Å². The van der Waals surface area contributed by atoms with Crippen LogP contribution in [0.4, 0.5) is 17.3 Å². The van der Waals surface area contributed by atoms with Gasteiger partial charge in [-0.3, -0.25) is 0 Å². The Morgan fingerprint density at radius 1 is 1.11 bits per heavy atom. The van der Waals surface area contributed by atoms with Crippen LogP contribution in [0, 0.1) is 0 Å². The molecule has 0 saturated carbocycles. The van der Waals surface area contributed by atoms with Gasteiger partial charge in [-0.05, 0) is 43.5 Å². The van der Waals surface area contributed by atoms with Crippen molar-refractivity contribution in [2.75, 3.05) is 23.4 Å². The quantitative estimate of drug-likeness (QED) is 0.796. The maximum absolute atomic E-state index is 4.48. The lowest BCUT2D eigenvalue weighted by molar-refractivity contribution is 1.16. The maximum Gasteiger partial charge on any atom is 0.132 e. The van der Waals surface area contributed by atoms with Gasteiger partial charge in [-0.2, -0.15) is 0 Å². The van der Waals surface area contributed by atoms with Crippen molar-refractivity contribution in [2.45, 2.75) is 11.8 Å². The van der Waals surface area contributed by atoms with Gasteiger partial charge in [0.15, 0.2) is 0 Å². The molecule has 0 spiro atoms. The lowest BCUT2D eigenvalue weighted by atomic mass is 10.3. The predicted octanol–water partition coefficient (Wildman–Crippen LogP) is 3.98. The van der Waals surface area contributed by atoms with Gasteiger partial charge >= 0.3 is 0 Å². The van der Waals surface area contributed by atoms with E-state index in [-0.39, 0.29) is 0 Å². The molecular weight excluding hydrogens is 242 g/mol. The van der Waals surface area contributed by atoms with Crippen molar-refractivity contribution in [3.8, 4) is 0 Å². The molecule has 2 N–H and O–H groups in total. The number of pyridine rings is 1. The minimum atomic E-state index is 0.853. The first-order valence-corrected chi connectivity index (χ1v) is 7.16. The fourth-order valence-electron chi connectivity index (χ4n) is 1.63. The molecule has 0 radical (unpaired) electrons. The number of benzene rings is 1. The normalized spacial score (nSPS) is 10.1. The van der Waals surface area contributed by atoms with Crippen LogP contribution < -0.4 is 10.6 Å². The van der Waals surface area contributed by atoms with Crippen LogP contribution in [-0.4, -0.2) is 17.8 Å². The minimum absolute atomic E-state index is 0.853. The van der Waals surface area contributed by atoms with Crippen LogP contribution in [0.15, 0.2) is 47.4 Å². The summed E-state index contributed by atoms with van der Waals surface area (Å²) in [4.78, 5) is 5.72. The average Bonchev–Trinajstić information content (AvgIpc) is 2.40. The number of hydrogen-bond acceptors (Lipinski definition) is 4. The highest BCUT2D eigenvalue weighted by Gasteiger charge is 1.99. The number of nitrogens with one attached hydrogen (secondary N) is 2. The number of nitrogens with zero attached hydrogens (tertiary/aromatic N) is 1. The molecule has 0 saturated heterocycles. The fourth-order valence-corrected chi connectivity index (χ4v) is 2.09. The van der Waals surface area contributed by atoms with Gasteiger partial charge in [0.1, 0.15) is 11.6 Å². The van der Waals surface area contributed by atoms with Crippen molar-refractivity contribution in [1.82, 2.24) is 4.98 Å². The summed E-state index contributed by atoms with van der Waals surface area (Å²) >= 11 is 1.73. The summed E-state index contributed by atoms with van der Waals surface area (Å²) in [7, 11) is 0. The van der Waals surface area contributed by atoms with Gasteiger partial charge in [-0.25, -0.2) is 4.98 Å². The molecule has 3 nitrogen and oxygen atoms in total. The summed E-state index contributed by atoms with van der Waals surface area (Å²) in [5.41, 5.74) is 1.06. The third kappa shape index (κ3) is 3.40. The monoisotopic (exact) mass is 259 g/mol. The molecular formula is C14H17N3S. The van der Waals surface area contributed by atoms with Gasteiger partial charge in [-0.15, -0.1) is 11.8 Å². The molecule has 0 fully saturated rings. The third-order valence-corrected chi connectivity index (χ3v) is 3.17. The van der Waals surface area contributed by atoms with Crippen molar-refractivity contribution < 1.29 is 0 Å². The Labute approximate surface area is 112 Å². The lowest BCUT2D eigenvalue weighted by Crippen LogP contribution is -2.01. The molecule has 18 heavy (non-hydrogen) atoms. The molecule has 0 amide bonds. The molecule has 0 aliphatic carbocycles. The number of hydrogen-bond donors (Lipinski definition) is 2. The Morgan fingerprint density at radius 2 is 1.89 bits per heavy atom. The highest BCUT2D eigenvalue weighted by Crippen LogP contribution is 2.22. The van der Waals surface area contributed by atoms with E-state index in [4.69, 9.17) is 0 Å². The van der Waals surface area contributed by atoms with Crippen LogP contribution in [0.1, 0.15) is 6.92 Å². The van der Waals surface area contributed by atoms with Gasteiger partial charge in [0.2, 0.25) is 0 Å². The number of rotatable bonds is 5. The summed E-state index contributed by atoms with van der Waals surface area (Å²) in [6, 6.07) is 14.2. The smallest absolute Gasteiger partial charge is 0.132 e. The first kappa shape index (κ1) is 12.8. The number of anilines is 3. The van der Waals surface area contributed by atoms with Crippen LogP contribution >= 0.6 is 11.8 Å². The standard InChI is InChI=1S/C14H17N3S/c1-3-15-13-8-5-9-14(17-13)16-11-6-4-7-12(10-11)18-2/h4-10H,3H2,1-2H3,(H2,15,16,17). The predicted molar refractivity (Wildman–Crippen MR) is 79.9 cm³/mol. The summed E-state index contributed by atoms with van der Waals surface area (Å²) in [6.07, 6.45) is 2.07. The minimum Gasteiger partial charge on any atom is -0.370 e. The summed E-state index contributed by atoms with van der Waals surface area (Å²) < 4.78 is 0. The van der Waals surface area contributed by atoms with E-state index in [1.165, 1.54) is 4.90 Å². The van der Waals surface area contributed by atoms with Gasteiger partial charge in [0.25, 0.3) is 0 Å². The Kier molecular flexibility index (Phi) is 4.47. The molecule has 0 aliphatic rings. The van der Waals surface area contributed by atoms with E-state index in [9.17, 15) is 0 Å². The second kappa shape index (κ2) is 6.31. The first-order valence-electron chi connectivity index (χ1n) is 5.94. The molecule has 0 bridgehead atoms. The van der Waals surface area contributed by atoms with Crippen molar-refractivity contribution >= 4 is 29.1 Å². The topological polar surface area (TPSA) is 37.0 Å². The van der Waals surface area contributed by atoms with Gasteiger partial charge in [0.05, 0.1) is 0 Å². The zero-order chi connectivity index (χ0) is 12.8. The zero-order valence-electron chi connectivity index (χ0n) is 10.6. The molecule has 0 unspecified atom stereocenters.